The molecule has 0 spiro atoms. The van der Waals surface area contributed by atoms with Crippen LogP contribution in [0, 0.1) is 10.1 Å². The predicted octanol–water partition coefficient (Wildman–Crippen LogP) is 3.07. The van der Waals surface area contributed by atoms with Crippen LogP contribution in [0.2, 0.25) is 0 Å². The van der Waals surface area contributed by atoms with Crippen LogP contribution in [-0.2, 0) is 0 Å². The molecule has 6 heteroatoms. The summed E-state index contributed by atoms with van der Waals surface area (Å²) in [4.78, 5) is 10.3. The maximum atomic E-state index is 10.9. The number of nitro groups is 1. The second-order valence-corrected chi connectivity index (χ2v) is 4.51. The fraction of sp³-hybridized carbons (Fsp3) is 0.400. The Bertz CT molecular complexity index is 406. The van der Waals surface area contributed by atoms with Crippen molar-refractivity contribution in [1.29, 1.82) is 0 Å². The van der Waals surface area contributed by atoms with Gasteiger partial charge in [0.25, 0.3) is 5.69 Å². The topological polar surface area (TPSA) is 61.6 Å². The van der Waals surface area contributed by atoms with E-state index in [0.29, 0.717) is 17.1 Å². The molecule has 0 amide bonds. The highest BCUT2D eigenvalue weighted by Crippen LogP contribution is 2.39. The third-order valence-electron chi connectivity index (χ3n) is 2.16. The molecular weight excluding hydrogens is 278 g/mol. The SMILES string of the molecule is COc1cc([C@H](C)Br)c([N+](=O)[O-])cc1OC. The van der Waals surface area contributed by atoms with Crippen molar-refractivity contribution < 1.29 is 14.4 Å². The molecule has 0 saturated carbocycles. The molecule has 0 bridgehead atoms. The Labute approximate surface area is 102 Å². The molecule has 0 aliphatic carbocycles. The molecule has 1 aromatic carbocycles. The minimum absolute atomic E-state index is 0.0158. The number of hydrogen-bond donors (Lipinski definition) is 0. The van der Waals surface area contributed by atoms with Crippen LogP contribution in [0.25, 0.3) is 0 Å². The van der Waals surface area contributed by atoms with Gasteiger partial charge in [-0.1, -0.05) is 15.9 Å². The van der Waals surface area contributed by atoms with Crippen molar-refractivity contribution in [2.24, 2.45) is 0 Å². The van der Waals surface area contributed by atoms with Crippen molar-refractivity contribution in [3.05, 3.63) is 27.8 Å². The number of hydrogen-bond acceptors (Lipinski definition) is 4. The number of nitro benzene ring substituents is 1. The molecule has 1 rings (SSSR count). The summed E-state index contributed by atoms with van der Waals surface area (Å²) in [6.45, 7) is 1.81. The largest absolute Gasteiger partial charge is 0.493 e. The summed E-state index contributed by atoms with van der Waals surface area (Å²) in [6, 6.07) is 2.97. The zero-order chi connectivity index (χ0) is 12.3. The van der Waals surface area contributed by atoms with E-state index in [-0.39, 0.29) is 10.5 Å². The number of rotatable bonds is 4. The van der Waals surface area contributed by atoms with Gasteiger partial charge in [-0.15, -0.1) is 0 Å². The lowest BCUT2D eigenvalue weighted by atomic mass is 10.1. The molecule has 5 nitrogen and oxygen atoms in total. The average molecular weight is 290 g/mol. The zero-order valence-corrected chi connectivity index (χ0v) is 10.8. The Morgan fingerprint density at radius 1 is 1.31 bits per heavy atom. The van der Waals surface area contributed by atoms with Crippen LogP contribution in [0.5, 0.6) is 11.5 Å². The van der Waals surface area contributed by atoms with Crippen LogP contribution < -0.4 is 9.47 Å². The van der Waals surface area contributed by atoms with Crippen LogP contribution in [0.4, 0.5) is 5.69 Å². The highest BCUT2D eigenvalue weighted by atomic mass is 79.9. The standard InChI is InChI=1S/C10H12BrNO4/c1-6(11)7-4-9(15-2)10(16-3)5-8(7)12(13)14/h4-6H,1-3H3/t6-/m0/s1. The lowest BCUT2D eigenvalue weighted by molar-refractivity contribution is -0.385. The first-order valence-corrected chi connectivity index (χ1v) is 5.47. The number of ether oxygens (including phenoxy) is 2. The molecule has 88 valence electrons. The van der Waals surface area contributed by atoms with E-state index in [1.54, 1.807) is 6.07 Å². The summed E-state index contributed by atoms with van der Waals surface area (Å²) in [7, 11) is 2.94. The van der Waals surface area contributed by atoms with Crippen LogP contribution in [0.1, 0.15) is 17.3 Å². The molecular formula is C10H12BrNO4. The lowest BCUT2D eigenvalue weighted by Gasteiger charge is -2.11. The fourth-order valence-electron chi connectivity index (χ4n) is 1.36. The van der Waals surface area contributed by atoms with Gasteiger partial charge in [-0.2, -0.15) is 0 Å². The predicted molar refractivity (Wildman–Crippen MR) is 63.5 cm³/mol. The molecule has 1 aromatic rings. The smallest absolute Gasteiger partial charge is 0.277 e. The number of nitrogens with zero attached hydrogens (tertiary/aromatic N) is 1. The molecule has 0 aromatic heterocycles. The zero-order valence-electron chi connectivity index (χ0n) is 9.19. The fourth-order valence-corrected chi connectivity index (χ4v) is 1.73. The van der Waals surface area contributed by atoms with E-state index < -0.39 is 4.92 Å². The minimum atomic E-state index is -0.435. The van der Waals surface area contributed by atoms with Crippen LogP contribution in [-0.4, -0.2) is 19.1 Å². The second kappa shape index (κ2) is 5.16. The first kappa shape index (κ1) is 12.8. The highest BCUT2D eigenvalue weighted by molar-refractivity contribution is 9.09. The highest BCUT2D eigenvalue weighted by Gasteiger charge is 2.21. The summed E-state index contributed by atoms with van der Waals surface area (Å²) in [5, 5.41) is 10.9. The van der Waals surface area contributed by atoms with Crippen molar-refractivity contribution >= 4 is 21.6 Å². The summed E-state index contributed by atoms with van der Waals surface area (Å²) >= 11 is 3.31. The molecule has 0 aliphatic heterocycles. The number of methoxy groups -OCH3 is 2. The summed E-state index contributed by atoms with van der Waals surface area (Å²) in [5.41, 5.74) is 0.574. The van der Waals surface area contributed by atoms with E-state index in [9.17, 15) is 10.1 Å². The van der Waals surface area contributed by atoms with E-state index in [1.807, 2.05) is 6.92 Å². The van der Waals surface area contributed by atoms with Crippen LogP contribution in [0.3, 0.4) is 0 Å². The van der Waals surface area contributed by atoms with E-state index in [2.05, 4.69) is 15.9 Å². The number of benzene rings is 1. The Kier molecular flexibility index (Phi) is 4.12. The van der Waals surface area contributed by atoms with Crippen molar-refractivity contribution in [3.63, 3.8) is 0 Å². The molecule has 0 unspecified atom stereocenters. The monoisotopic (exact) mass is 289 g/mol. The number of alkyl halides is 1. The van der Waals surface area contributed by atoms with Crippen molar-refractivity contribution in [2.45, 2.75) is 11.8 Å². The molecule has 0 fully saturated rings. The molecule has 0 N–H and O–H groups in total. The summed E-state index contributed by atoms with van der Waals surface area (Å²) < 4.78 is 10.1. The Morgan fingerprint density at radius 2 is 1.81 bits per heavy atom. The lowest BCUT2D eigenvalue weighted by Crippen LogP contribution is -1.99. The average Bonchev–Trinajstić information content (AvgIpc) is 2.26. The molecule has 0 saturated heterocycles. The van der Waals surface area contributed by atoms with Gasteiger partial charge in [0.05, 0.1) is 25.2 Å². The maximum Gasteiger partial charge on any atom is 0.277 e. The van der Waals surface area contributed by atoms with Crippen molar-refractivity contribution in [2.75, 3.05) is 14.2 Å². The van der Waals surface area contributed by atoms with E-state index in [4.69, 9.17) is 9.47 Å². The van der Waals surface area contributed by atoms with Gasteiger partial charge in [0.1, 0.15) is 0 Å². The first-order valence-electron chi connectivity index (χ1n) is 4.55. The molecule has 0 radical (unpaired) electrons. The normalized spacial score (nSPS) is 12.0. The molecule has 0 heterocycles. The molecule has 0 aliphatic rings. The molecule has 1 atom stereocenters. The van der Waals surface area contributed by atoms with Gasteiger partial charge in [-0.25, -0.2) is 0 Å². The Morgan fingerprint density at radius 3 is 2.19 bits per heavy atom. The quantitative estimate of drug-likeness (QED) is 0.485. The Balaban J connectivity index is 3.41. The second-order valence-electron chi connectivity index (χ2n) is 3.14. The van der Waals surface area contributed by atoms with Gasteiger partial charge in [0.15, 0.2) is 11.5 Å². The third-order valence-corrected chi connectivity index (χ3v) is 2.65. The van der Waals surface area contributed by atoms with Gasteiger partial charge in [-0.3, -0.25) is 10.1 Å². The summed E-state index contributed by atoms with van der Waals surface area (Å²) in [5.74, 6) is 0.834. The van der Waals surface area contributed by atoms with Crippen LogP contribution in [0.15, 0.2) is 12.1 Å². The minimum Gasteiger partial charge on any atom is -0.493 e. The first-order chi connectivity index (χ1) is 7.51. The van der Waals surface area contributed by atoms with E-state index in [0.717, 1.165) is 0 Å². The van der Waals surface area contributed by atoms with E-state index in [1.165, 1.54) is 20.3 Å². The number of halogens is 1. The summed E-state index contributed by atoms with van der Waals surface area (Å²) in [6.07, 6.45) is 0. The van der Waals surface area contributed by atoms with Gasteiger partial charge in [0.2, 0.25) is 0 Å². The van der Waals surface area contributed by atoms with Gasteiger partial charge < -0.3 is 9.47 Å². The van der Waals surface area contributed by atoms with Crippen molar-refractivity contribution in [1.82, 2.24) is 0 Å². The van der Waals surface area contributed by atoms with Gasteiger partial charge >= 0.3 is 0 Å². The van der Waals surface area contributed by atoms with Gasteiger partial charge in [-0.05, 0) is 13.0 Å². The van der Waals surface area contributed by atoms with Gasteiger partial charge in [0, 0.05) is 10.4 Å². The van der Waals surface area contributed by atoms with E-state index >= 15 is 0 Å². The van der Waals surface area contributed by atoms with Crippen molar-refractivity contribution in [3.8, 4) is 11.5 Å². The maximum absolute atomic E-state index is 10.9. The van der Waals surface area contributed by atoms with Crippen LogP contribution >= 0.6 is 15.9 Å². The Hall–Kier alpha value is -1.30. The molecule has 16 heavy (non-hydrogen) atoms. The third kappa shape index (κ3) is 2.44.